The van der Waals surface area contributed by atoms with E-state index in [2.05, 4.69) is 15.4 Å². The number of nitrogens with zero attached hydrogens (tertiary/aromatic N) is 3. The van der Waals surface area contributed by atoms with Gasteiger partial charge in [0.15, 0.2) is 11.4 Å². The highest BCUT2D eigenvalue weighted by molar-refractivity contribution is 5.72. The summed E-state index contributed by atoms with van der Waals surface area (Å²) in [5, 5.41) is 12.6. The van der Waals surface area contributed by atoms with Crippen molar-refractivity contribution in [3.63, 3.8) is 0 Å². The predicted octanol–water partition coefficient (Wildman–Crippen LogP) is 5.07. The molecule has 0 aliphatic carbocycles. The molecule has 1 heterocycles. The average molecular weight is 263 g/mol. The van der Waals surface area contributed by atoms with E-state index in [4.69, 9.17) is 4.52 Å². The molecule has 0 aliphatic heterocycles. The van der Waals surface area contributed by atoms with Gasteiger partial charge < -0.3 is 4.52 Å². The van der Waals surface area contributed by atoms with E-state index in [0.29, 0.717) is 17.1 Å². The van der Waals surface area contributed by atoms with Gasteiger partial charge in [-0.2, -0.15) is 5.11 Å². The van der Waals surface area contributed by atoms with Crippen LogP contribution in [0.4, 0.5) is 11.4 Å². The molecule has 3 aromatic rings. The predicted molar refractivity (Wildman–Crippen MR) is 77.3 cm³/mol. The molecule has 0 bridgehead atoms. The van der Waals surface area contributed by atoms with Crippen LogP contribution in [0.5, 0.6) is 0 Å². The number of hydrogen-bond donors (Lipinski definition) is 0. The van der Waals surface area contributed by atoms with Crippen LogP contribution in [0, 0.1) is 6.92 Å². The molecular formula is C16H13N3O. The van der Waals surface area contributed by atoms with Crippen LogP contribution < -0.4 is 0 Å². The third kappa shape index (κ3) is 2.49. The van der Waals surface area contributed by atoms with Gasteiger partial charge in [0, 0.05) is 5.56 Å². The van der Waals surface area contributed by atoms with Crippen molar-refractivity contribution in [2.24, 2.45) is 10.2 Å². The fourth-order valence-corrected chi connectivity index (χ4v) is 1.87. The molecule has 0 amide bonds. The molecule has 0 fully saturated rings. The molecule has 4 nitrogen and oxygen atoms in total. The number of benzene rings is 2. The van der Waals surface area contributed by atoms with E-state index in [1.807, 2.05) is 67.6 Å². The van der Waals surface area contributed by atoms with Crippen molar-refractivity contribution in [3.05, 3.63) is 66.4 Å². The molecule has 20 heavy (non-hydrogen) atoms. The molecule has 0 aliphatic rings. The quantitative estimate of drug-likeness (QED) is 0.620. The summed E-state index contributed by atoms with van der Waals surface area (Å²) in [6.45, 7) is 1.83. The number of rotatable bonds is 3. The lowest BCUT2D eigenvalue weighted by Gasteiger charge is -1.96. The summed E-state index contributed by atoms with van der Waals surface area (Å²) in [7, 11) is 0. The maximum Gasteiger partial charge on any atom is 0.161 e. The van der Waals surface area contributed by atoms with Gasteiger partial charge in [0.2, 0.25) is 0 Å². The zero-order chi connectivity index (χ0) is 13.8. The van der Waals surface area contributed by atoms with Gasteiger partial charge >= 0.3 is 0 Å². The minimum absolute atomic E-state index is 0.656. The first-order valence-electron chi connectivity index (χ1n) is 6.33. The first kappa shape index (κ1) is 12.3. The third-order valence-electron chi connectivity index (χ3n) is 2.90. The second-order valence-corrected chi connectivity index (χ2v) is 4.34. The van der Waals surface area contributed by atoms with Gasteiger partial charge in [-0.15, -0.1) is 5.11 Å². The van der Waals surface area contributed by atoms with Crippen LogP contribution in [0.1, 0.15) is 5.76 Å². The summed E-state index contributed by atoms with van der Waals surface area (Å²) in [5.74, 6) is 0.656. The van der Waals surface area contributed by atoms with Gasteiger partial charge in [-0.25, -0.2) is 0 Å². The second kappa shape index (κ2) is 5.48. The van der Waals surface area contributed by atoms with Crippen molar-refractivity contribution in [1.29, 1.82) is 0 Å². The molecule has 0 unspecified atom stereocenters. The average Bonchev–Trinajstić information content (AvgIpc) is 2.88. The molecule has 2 aromatic carbocycles. The maximum atomic E-state index is 5.23. The number of azo groups is 1. The van der Waals surface area contributed by atoms with Gasteiger partial charge in [0.1, 0.15) is 5.69 Å². The second-order valence-electron chi connectivity index (χ2n) is 4.34. The molecule has 0 atom stereocenters. The first-order chi connectivity index (χ1) is 9.84. The lowest BCUT2D eigenvalue weighted by atomic mass is 10.1. The summed E-state index contributed by atoms with van der Waals surface area (Å²) in [5.41, 5.74) is 3.14. The summed E-state index contributed by atoms with van der Waals surface area (Å²) in [4.78, 5) is 0. The van der Waals surface area contributed by atoms with E-state index in [9.17, 15) is 0 Å². The van der Waals surface area contributed by atoms with Crippen LogP contribution in [0.25, 0.3) is 11.3 Å². The molecule has 1 aromatic heterocycles. The Balaban J connectivity index is 1.98. The first-order valence-corrected chi connectivity index (χ1v) is 6.33. The smallest absolute Gasteiger partial charge is 0.161 e. The molecule has 0 radical (unpaired) electrons. The summed E-state index contributed by atoms with van der Waals surface area (Å²) in [6, 6.07) is 19.4. The molecule has 4 heteroatoms. The minimum Gasteiger partial charge on any atom is -0.359 e. The van der Waals surface area contributed by atoms with Crippen LogP contribution >= 0.6 is 0 Å². The Morgan fingerprint density at radius 2 is 1.50 bits per heavy atom. The highest BCUT2D eigenvalue weighted by Crippen LogP contribution is 2.33. The Bertz CT molecular complexity index is 718. The molecule has 3 rings (SSSR count). The van der Waals surface area contributed by atoms with Gasteiger partial charge in [0.25, 0.3) is 0 Å². The van der Waals surface area contributed by atoms with Crippen LogP contribution in [0.15, 0.2) is 75.4 Å². The number of aryl methyl sites for hydroxylation is 1. The maximum absolute atomic E-state index is 5.23. The fraction of sp³-hybridized carbons (Fsp3) is 0.0625. The van der Waals surface area contributed by atoms with Crippen molar-refractivity contribution >= 4 is 11.4 Å². The van der Waals surface area contributed by atoms with Crippen molar-refractivity contribution in [3.8, 4) is 11.3 Å². The fourth-order valence-electron chi connectivity index (χ4n) is 1.87. The van der Waals surface area contributed by atoms with E-state index in [-0.39, 0.29) is 0 Å². The normalized spacial score (nSPS) is 11.1. The summed E-state index contributed by atoms with van der Waals surface area (Å²) in [6.07, 6.45) is 0. The standard InChI is InChI=1S/C16H13N3O/c1-12-15(18-17-14-10-6-3-7-11-14)16(19-20-12)13-8-4-2-5-9-13/h2-11H,1H3. The van der Waals surface area contributed by atoms with Crippen LogP contribution in [0.2, 0.25) is 0 Å². The highest BCUT2D eigenvalue weighted by Gasteiger charge is 2.14. The molecular weight excluding hydrogens is 250 g/mol. The van der Waals surface area contributed by atoms with Gasteiger partial charge in [-0.05, 0) is 19.1 Å². The van der Waals surface area contributed by atoms with Crippen molar-refractivity contribution in [2.45, 2.75) is 6.92 Å². The van der Waals surface area contributed by atoms with E-state index in [1.165, 1.54) is 0 Å². The number of hydrogen-bond acceptors (Lipinski definition) is 4. The van der Waals surface area contributed by atoms with E-state index in [1.54, 1.807) is 0 Å². The topological polar surface area (TPSA) is 50.8 Å². The summed E-state index contributed by atoms with van der Waals surface area (Å²) < 4.78 is 5.23. The minimum atomic E-state index is 0.656. The highest BCUT2D eigenvalue weighted by atomic mass is 16.5. The zero-order valence-electron chi connectivity index (χ0n) is 11.0. The van der Waals surface area contributed by atoms with Crippen LogP contribution in [-0.2, 0) is 0 Å². The van der Waals surface area contributed by atoms with E-state index in [0.717, 1.165) is 11.3 Å². The molecule has 0 spiro atoms. The lowest BCUT2D eigenvalue weighted by Crippen LogP contribution is -1.76. The van der Waals surface area contributed by atoms with Gasteiger partial charge in [-0.1, -0.05) is 53.7 Å². The molecule has 0 saturated heterocycles. The van der Waals surface area contributed by atoms with Crippen LogP contribution in [-0.4, -0.2) is 5.16 Å². The van der Waals surface area contributed by atoms with Crippen molar-refractivity contribution in [2.75, 3.05) is 0 Å². The Morgan fingerprint density at radius 3 is 2.20 bits per heavy atom. The Labute approximate surface area is 116 Å². The lowest BCUT2D eigenvalue weighted by molar-refractivity contribution is 0.400. The Kier molecular flexibility index (Phi) is 3.37. The zero-order valence-corrected chi connectivity index (χ0v) is 11.0. The van der Waals surface area contributed by atoms with E-state index < -0.39 is 0 Å². The van der Waals surface area contributed by atoms with Gasteiger partial charge in [0.05, 0.1) is 5.69 Å². The van der Waals surface area contributed by atoms with Gasteiger partial charge in [-0.3, -0.25) is 0 Å². The van der Waals surface area contributed by atoms with E-state index >= 15 is 0 Å². The largest absolute Gasteiger partial charge is 0.359 e. The Hall–Kier alpha value is -2.75. The molecule has 0 saturated carbocycles. The molecule has 98 valence electrons. The third-order valence-corrected chi connectivity index (χ3v) is 2.90. The van der Waals surface area contributed by atoms with Crippen molar-refractivity contribution < 1.29 is 4.52 Å². The molecule has 0 N–H and O–H groups in total. The Morgan fingerprint density at radius 1 is 0.850 bits per heavy atom. The number of aromatic nitrogens is 1. The monoisotopic (exact) mass is 263 g/mol. The van der Waals surface area contributed by atoms with Crippen LogP contribution in [0.3, 0.4) is 0 Å². The SMILES string of the molecule is Cc1onc(-c2ccccc2)c1N=Nc1ccccc1. The summed E-state index contributed by atoms with van der Waals surface area (Å²) >= 11 is 0. The van der Waals surface area contributed by atoms with Crippen molar-refractivity contribution in [1.82, 2.24) is 5.16 Å².